The van der Waals surface area contributed by atoms with Gasteiger partial charge in [0.1, 0.15) is 5.25 Å². The summed E-state index contributed by atoms with van der Waals surface area (Å²) in [7, 11) is 0. The lowest BCUT2D eigenvalue weighted by molar-refractivity contribution is -0.121. The number of carbonyl (C=O) groups excluding carboxylic acids is 1. The van der Waals surface area contributed by atoms with Crippen LogP contribution in [0.3, 0.4) is 0 Å². The molecule has 1 amide bonds. The fraction of sp³-hybridized carbons (Fsp3) is 0.533. The van der Waals surface area contributed by atoms with E-state index in [1.165, 1.54) is 11.1 Å². The molecule has 110 valence electrons. The molecule has 3 rings (SSSR count). The van der Waals surface area contributed by atoms with Gasteiger partial charge in [0, 0.05) is 12.6 Å². The van der Waals surface area contributed by atoms with Crippen LogP contribution in [0.5, 0.6) is 0 Å². The predicted molar refractivity (Wildman–Crippen MR) is 86.6 cm³/mol. The van der Waals surface area contributed by atoms with Crippen molar-refractivity contribution in [3.05, 3.63) is 35.4 Å². The molecule has 0 saturated carbocycles. The second kappa shape index (κ2) is 7.34. The minimum Gasteiger partial charge on any atom is -0.351 e. The van der Waals surface area contributed by atoms with E-state index in [9.17, 15) is 4.79 Å². The third-order valence-corrected chi connectivity index (χ3v) is 5.12. The first-order valence-corrected chi connectivity index (χ1v) is 8.10. The molecule has 3 nitrogen and oxygen atoms in total. The highest BCUT2D eigenvalue weighted by Crippen LogP contribution is 2.36. The van der Waals surface area contributed by atoms with Crippen molar-refractivity contribution < 1.29 is 4.79 Å². The molecule has 1 fully saturated rings. The average molecular weight is 313 g/mol. The van der Waals surface area contributed by atoms with Crippen molar-refractivity contribution in [2.45, 2.75) is 30.6 Å². The Morgan fingerprint density at radius 3 is 3.00 bits per heavy atom. The average Bonchev–Trinajstić information content (AvgIpc) is 2.47. The Labute approximate surface area is 130 Å². The van der Waals surface area contributed by atoms with E-state index in [4.69, 9.17) is 0 Å². The molecule has 0 aliphatic carbocycles. The molecule has 0 bridgehead atoms. The second-order valence-electron chi connectivity index (χ2n) is 5.25. The van der Waals surface area contributed by atoms with Crippen LogP contribution in [0, 0.1) is 0 Å². The topological polar surface area (TPSA) is 41.1 Å². The number of carbonyl (C=O) groups is 1. The first-order valence-electron chi connectivity index (χ1n) is 7.05. The molecule has 1 unspecified atom stereocenters. The van der Waals surface area contributed by atoms with Gasteiger partial charge in [-0.15, -0.1) is 24.2 Å². The van der Waals surface area contributed by atoms with Crippen LogP contribution in [0.15, 0.2) is 24.3 Å². The quantitative estimate of drug-likeness (QED) is 0.880. The lowest BCUT2D eigenvalue weighted by Gasteiger charge is -2.28. The molecule has 2 heterocycles. The van der Waals surface area contributed by atoms with E-state index in [0.29, 0.717) is 6.04 Å². The van der Waals surface area contributed by atoms with Crippen molar-refractivity contribution in [1.82, 2.24) is 10.6 Å². The van der Waals surface area contributed by atoms with E-state index in [1.54, 1.807) is 11.8 Å². The summed E-state index contributed by atoms with van der Waals surface area (Å²) in [4.78, 5) is 12.5. The van der Waals surface area contributed by atoms with Crippen molar-refractivity contribution >= 4 is 30.1 Å². The van der Waals surface area contributed by atoms with Crippen LogP contribution >= 0.6 is 24.2 Å². The third kappa shape index (κ3) is 3.48. The molecule has 0 spiro atoms. The van der Waals surface area contributed by atoms with Crippen LogP contribution in [-0.2, 0) is 11.2 Å². The normalized spacial score (nSPS) is 25.2. The maximum absolute atomic E-state index is 12.5. The summed E-state index contributed by atoms with van der Waals surface area (Å²) in [5.74, 6) is 1.23. The Kier molecular flexibility index (Phi) is 5.75. The van der Waals surface area contributed by atoms with Gasteiger partial charge in [-0.3, -0.25) is 4.79 Å². The molecule has 5 heteroatoms. The van der Waals surface area contributed by atoms with E-state index >= 15 is 0 Å². The maximum atomic E-state index is 12.5. The molecular weight excluding hydrogens is 292 g/mol. The molecule has 1 aromatic rings. The van der Waals surface area contributed by atoms with Crippen LogP contribution in [0.2, 0.25) is 0 Å². The van der Waals surface area contributed by atoms with Crippen molar-refractivity contribution in [2.75, 3.05) is 18.8 Å². The van der Waals surface area contributed by atoms with Gasteiger partial charge in [0.2, 0.25) is 5.91 Å². The van der Waals surface area contributed by atoms with Crippen molar-refractivity contribution in [3.8, 4) is 0 Å². The Balaban J connectivity index is 0.00000147. The van der Waals surface area contributed by atoms with E-state index in [0.717, 1.165) is 38.1 Å². The Morgan fingerprint density at radius 2 is 2.20 bits per heavy atom. The van der Waals surface area contributed by atoms with Crippen LogP contribution in [0.1, 0.15) is 29.2 Å². The molecule has 1 saturated heterocycles. The summed E-state index contributed by atoms with van der Waals surface area (Å²) in [6, 6.07) is 8.65. The summed E-state index contributed by atoms with van der Waals surface area (Å²) in [6.45, 7) is 1.98. The smallest absolute Gasteiger partial charge is 0.237 e. The summed E-state index contributed by atoms with van der Waals surface area (Å²) in [6.07, 6.45) is 3.33. The summed E-state index contributed by atoms with van der Waals surface area (Å²) in [5.41, 5.74) is 2.54. The fourth-order valence-corrected chi connectivity index (χ4v) is 4.07. The number of amides is 1. The van der Waals surface area contributed by atoms with Gasteiger partial charge in [0.05, 0.1) is 0 Å². The van der Waals surface area contributed by atoms with Gasteiger partial charge >= 0.3 is 0 Å². The number of piperidine rings is 1. The zero-order valence-electron chi connectivity index (χ0n) is 11.4. The van der Waals surface area contributed by atoms with Crippen LogP contribution < -0.4 is 10.6 Å². The van der Waals surface area contributed by atoms with Gasteiger partial charge in [-0.2, -0.15) is 0 Å². The number of nitrogens with one attached hydrogen (secondary N) is 2. The molecule has 20 heavy (non-hydrogen) atoms. The number of fused-ring (bicyclic) bond motifs is 1. The number of benzene rings is 1. The highest BCUT2D eigenvalue weighted by molar-refractivity contribution is 8.00. The molecule has 2 atom stereocenters. The Bertz CT molecular complexity index is 463. The summed E-state index contributed by atoms with van der Waals surface area (Å²) >= 11 is 1.77. The van der Waals surface area contributed by atoms with E-state index in [-0.39, 0.29) is 23.6 Å². The van der Waals surface area contributed by atoms with Crippen LogP contribution in [0.4, 0.5) is 0 Å². The van der Waals surface area contributed by atoms with E-state index in [2.05, 4.69) is 28.8 Å². The van der Waals surface area contributed by atoms with Crippen LogP contribution in [0.25, 0.3) is 0 Å². The minimum absolute atomic E-state index is 0. The number of rotatable bonds is 2. The Morgan fingerprint density at radius 1 is 1.35 bits per heavy atom. The summed E-state index contributed by atoms with van der Waals surface area (Å²) in [5, 5.41) is 6.53. The van der Waals surface area contributed by atoms with Crippen molar-refractivity contribution in [2.24, 2.45) is 0 Å². The molecular formula is C15H21ClN2OS. The van der Waals surface area contributed by atoms with Crippen molar-refractivity contribution in [3.63, 3.8) is 0 Å². The molecule has 0 aromatic heterocycles. The molecule has 2 aliphatic rings. The molecule has 1 aromatic carbocycles. The maximum Gasteiger partial charge on any atom is 0.237 e. The van der Waals surface area contributed by atoms with E-state index in [1.807, 2.05) is 6.07 Å². The molecule has 2 N–H and O–H groups in total. The number of aryl methyl sites for hydroxylation is 1. The van der Waals surface area contributed by atoms with Gasteiger partial charge in [0.25, 0.3) is 0 Å². The third-order valence-electron chi connectivity index (χ3n) is 3.87. The minimum atomic E-state index is -0.0214. The highest BCUT2D eigenvalue weighted by Gasteiger charge is 2.28. The van der Waals surface area contributed by atoms with Crippen LogP contribution in [-0.4, -0.2) is 30.8 Å². The monoisotopic (exact) mass is 312 g/mol. The summed E-state index contributed by atoms with van der Waals surface area (Å²) < 4.78 is 0. The van der Waals surface area contributed by atoms with Gasteiger partial charge in [-0.05, 0) is 42.7 Å². The number of halogens is 1. The van der Waals surface area contributed by atoms with Gasteiger partial charge in [0.15, 0.2) is 0 Å². The highest BCUT2D eigenvalue weighted by atomic mass is 35.5. The lowest BCUT2D eigenvalue weighted by atomic mass is 10.0. The van der Waals surface area contributed by atoms with E-state index < -0.39 is 0 Å². The zero-order valence-corrected chi connectivity index (χ0v) is 13.1. The molecule has 2 aliphatic heterocycles. The van der Waals surface area contributed by atoms with Gasteiger partial charge < -0.3 is 10.6 Å². The van der Waals surface area contributed by atoms with Crippen molar-refractivity contribution in [1.29, 1.82) is 0 Å². The Hall–Kier alpha value is -0.710. The fourth-order valence-electron chi connectivity index (χ4n) is 2.86. The zero-order chi connectivity index (χ0) is 13.1. The second-order valence-corrected chi connectivity index (χ2v) is 6.46. The number of thioether (sulfide) groups is 1. The first kappa shape index (κ1) is 15.7. The number of hydrogen-bond donors (Lipinski definition) is 2. The van der Waals surface area contributed by atoms with Gasteiger partial charge in [-0.25, -0.2) is 0 Å². The molecule has 0 radical (unpaired) electrons. The lowest BCUT2D eigenvalue weighted by Crippen LogP contribution is -2.47. The number of hydrogen-bond acceptors (Lipinski definition) is 3. The SMILES string of the molecule is Cl.O=C(N[C@H]1CCCNC1)C1SCCc2ccccc21. The standard InChI is InChI=1S/C15H20N2OS.ClH/c18-15(17-12-5-3-8-16-10-12)14-13-6-2-1-4-11(13)7-9-19-14;/h1-2,4,6,12,14,16H,3,5,7-10H2,(H,17,18);1H/t12-,14?;/m0./s1. The largest absolute Gasteiger partial charge is 0.351 e. The van der Waals surface area contributed by atoms with Gasteiger partial charge in [-0.1, -0.05) is 24.3 Å². The first-order chi connectivity index (χ1) is 9.34. The predicted octanol–water partition coefficient (Wildman–Crippen LogP) is 2.31.